The zero-order chi connectivity index (χ0) is 24.3. The summed E-state index contributed by atoms with van der Waals surface area (Å²) in [6, 6.07) is 33.2. The van der Waals surface area contributed by atoms with Crippen LogP contribution in [0.15, 0.2) is 121 Å². The van der Waals surface area contributed by atoms with Crippen molar-refractivity contribution in [3.8, 4) is 0 Å². The Labute approximate surface area is 207 Å². The number of hydrogen-bond acceptors (Lipinski definition) is 5. The SMILES string of the molecule is CP(=CP(S)(O[Cl+3]([O-])([O-])[O-])(c1ccccc1)c1ccccc1)(c1ccccc1)c1ccccc1. The molecule has 0 spiro atoms. The first kappa shape index (κ1) is 25.2. The van der Waals surface area contributed by atoms with Crippen LogP contribution in [0.4, 0.5) is 0 Å². The van der Waals surface area contributed by atoms with Gasteiger partial charge in [-0.15, -0.1) is 0 Å². The summed E-state index contributed by atoms with van der Waals surface area (Å²) in [7, 11) is -4.83. The van der Waals surface area contributed by atoms with Crippen LogP contribution in [0.3, 0.4) is 0 Å². The summed E-state index contributed by atoms with van der Waals surface area (Å²) in [4.78, 5) is 0. The molecule has 176 valence electrons. The average molecular weight is 531 g/mol. The van der Waals surface area contributed by atoms with Gasteiger partial charge in [0, 0.05) is 0 Å². The minimum atomic E-state index is -4.83. The van der Waals surface area contributed by atoms with E-state index in [1.807, 2.05) is 78.3 Å². The molecule has 0 aromatic heterocycles. The van der Waals surface area contributed by atoms with Gasteiger partial charge in [0.25, 0.3) is 0 Å². The van der Waals surface area contributed by atoms with Crippen LogP contribution < -0.4 is 35.2 Å². The maximum atomic E-state index is 12.3. The van der Waals surface area contributed by atoms with Gasteiger partial charge in [0.1, 0.15) is 0 Å². The van der Waals surface area contributed by atoms with Gasteiger partial charge in [-0.1, -0.05) is 0 Å². The summed E-state index contributed by atoms with van der Waals surface area (Å²) in [5, 5.41) is 3.10. The average Bonchev–Trinajstić information content (AvgIpc) is 2.85. The predicted molar refractivity (Wildman–Crippen MR) is 140 cm³/mol. The summed E-state index contributed by atoms with van der Waals surface area (Å²) in [6.07, 6.45) is 0. The summed E-state index contributed by atoms with van der Waals surface area (Å²) in [6.45, 7) is -0.358. The molecule has 0 unspecified atom stereocenters. The van der Waals surface area contributed by atoms with Gasteiger partial charge in [-0.05, 0) is 0 Å². The zero-order valence-corrected chi connectivity index (χ0v) is 21.9. The Hall–Kier alpha value is -1.91. The van der Waals surface area contributed by atoms with Crippen LogP contribution >= 0.6 is 25.2 Å². The van der Waals surface area contributed by atoms with Gasteiger partial charge >= 0.3 is 208 Å². The van der Waals surface area contributed by atoms with E-state index in [4.69, 9.17) is 16.3 Å². The van der Waals surface area contributed by atoms with Crippen molar-refractivity contribution in [2.75, 3.05) is 6.66 Å². The van der Waals surface area contributed by atoms with E-state index in [9.17, 15) is 14.0 Å². The minimum absolute atomic E-state index is 0.535. The first-order valence-corrected chi connectivity index (χ1v) is 17.4. The molecule has 0 radical (unpaired) electrons. The summed E-state index contributed by atoms with van der Waals surface area (Å²) >= 11 is 5.17. The molecule has 0 aliphatic carbocycles. The molecule has 4 nitrogen and oxygen atoms in total. The second-order valence-electron chi connectivity index (χ2n) is 8.04. The van der Waals surface area contributed by atoms with E-state index >= 15 is 0 Å². The third-order valence-electron chi connectivity index (χ3n) is 5.77. The number of thiol groups is 1. The third kappa shape index (κ3) is 4.90. The normalized spacial score (nSPS) is 13.6. The fourth-order valence-corrected chi connectivity index (χ4v) is 19.2. The molecule has 0 heterocycles. The molecule has 8 heteroatoms. The summed E-state index contributed by atoms with van der Waals surface area (Å²) < 4.78 is 42.7. The van der Waals surface area contributed by atoms with E-state index in [1.54, 1.807) is 48.5 Å². The van der Waals surface area contributed by atoms with E-state index < -0.39 is 23.2 Å². The van der Waals surface area contributed by atoms with E-state index in [0.717, 1.165) is 10.6 Å². The molecule has 0 aliphatic heterocycles. The Morgan fingerprint density at radius 2 is 0.971 bits per heavy atom. The maximum absolute atomic E-state index is 12.3. The summed E-state index contributed by atoms with van der Waals surface area (Å²) in [5.74, 6) is 0. The fourth-order valence-electron chi connectivity index (χ4n) is 4.17. The molecule has 4 aromatic rings. The van der Waals surface area contributed by atoms with Crippen LogP contribution in [0.5, 0.6) is 0 Å². The Bertz CT molecular complexity index is 1220. The standard InChI is InChI=1S/C26H25ClO4P2S/c1-32(23-14-6-2-7-15-23,24-16-8-3-9-17-24)22-33(34,31-27(28,29)30,25-18-10-4-11-19-25)26-20-12-5-13-21-26/h2-22,34H,1H3. The molecule has 4 rings (SSSR count). The van der Waals surface area contributed by atoms with E-state index in [0.29, 0.717) is 10.6 Å². The van der Waals surface area contributed by atoms with Gasteiger partial charge in [0.15, 0.2) is 0 Å². The molecule has 0 saturated heterocycles. The van der Waals surface area contributed by atoms with Crippen molar-refractivity contribution in [3.63, 3.8) is 0 Å². The molecule has 0 aliphatic rings. The van der Waals surface area contributed by atoms with Gasteiger partial charge in [-0.25, -0.2) is 0 Å². The molecule has 0 saturated carbocycles. The van der Waals surface area contributed by atoms with Gasteiger partial charge < -0.3 is 0 Å². The molecule has 4 aromatic carbocycles. The van der Waals surface area contributed by atoms with Crippen LogP contribution in [0.2, 0.25) is 0 Å². The Balaban J connectivity index is 2.22. The van der Waals surface area contributed by atoms with Gasteiger partial charge in [0.05, 0.1) is 0 Å². The van der Waals surface area contributed by atoms with Crippen LogP contribution in [0.1, 0.15) is 0 Å². The Morgan fingerprint density at radius 3 is 1.29 bits per heavy atom. The van der Waals surface area contributed by atoms with Crippen molar-refractivity contribution < 1.29 is 28.3 Å². The number of hydrogen-bond donors (Lipinski definition) is 1. The molecule has 0 atom stereocenters. The zero-order valence-electron chi connectivity index (χ0n) is 18.5. The second-order valence-corrected chi connectivity index (χ2v) is 19.0. The second kappa shape index (κ2) is 9.62. The number of benzene rings is 4. The van der Waals surface area contributed by atoms with Crippen molar-refractivity contribution >= 4 is 51.9 Å². The number of rotatable bonds is 7. The Morgan fingerprint density at radius 1 is 0.647 bits per heavy atom. The van der Waals surface area contributed by atoms with Crippen LogP contribution in [-0.2, 0) is 4.08 Å². The van der Waals surface area contributed by atoms with Crippen LogP contribution in [-0.4, -0.2) is 12.2 Å². The molecule has 34 heavy (non-hydrogen) atoms. The fraction of sp³-hybridized carbons (Fsp3) is 0.0385. The molecule has 0 bridgehead atoms. The quantitative estimate of drug-likeness (QED) is 0.293. The van der Waals surface area contributed by atoms with Gasteiger partial charge in [0.2, 0.25) is 0 Å². The van der Waals surface area contributed by atoms with Crippen molar-refractivity contribution in [2.45, 2.75) is 0 Å². The van der Waals surface area contributed by atoms with Crippen molar-refractivity contribution in [1.29, 1.82) is 0 Å². The first-order valence-electron chi connectivity index (χ1n) is 10.5. The molecule has 0 amide bonds. The van der Waals surface area contributed by atoms with Crippen molar-refractivity contribution in [3.05, 3.63) is 121 Å². The van der Waals surface area contributed by atoms with Crippen molar-refractivity contribution in [1.82, 2.24) is 0 Å². The monoisotopic (exact) mass is 530 g/mol. The topological polar surface area (TPSA) is 78.4 Å². The first-order chi connectivity index (χ1) is 16.1. The number of halogens is 1. The van der Waals surface area contributed by atoms with Crippen molar-refractivity contribution in [2.24, 2.45) is 0 Å². The molecular weight excluding hydrogens is 506 g/mol. The van der Waals surface area contributed by atoms with E-state index in [2.05, 4.69) is 6.66 Å². The van der Waals surface area contributed by atoms with Crippen LogP contribution in [0.25, 0.3) is 0 Å². The Kier molecular flexibility index (Phi) is 7.13. The van der Waals surface area contributed by atoms with E-state index in [-0.39, 0.29) is 0 Å². The molecular formula is C26H25ClO4P2S. The van der Waals surface area contributed by atoms with Crippen LogP contribution in [0, 0.1) is 10.2 Å². The molecule has 0 fully saturated rings. The van der Waals surface area contributed by atoms with Gasteiger partial charge in [-0.3, -0.25) is 0 Å². The van der Waals surface area contributed by atoms with Gasteiger partial charge in [-0.2, -0.15) is 0 Å². The predicted octanol–water partition coefficient (Wildman–Crippen LogP) is 1.92. The third-order valence-corrected chi connectivity index (χ3v) is 19.3. The van der Waals surface area contributed by atoms with E-state index in [1.165, 1.54) is 0 Å². The summed E-state index contributed by atoms with van der Waals surface area (Å²) in [5.41, 5.74) is 1.94. The molecule has 0 N–H and O–H groups in total.